The van der Waals surface area contributed by atoms with E-state index < -0.39 is 0 Å². The van der Waals surface area contributed by atoms with Crippen molar-refractivity contribution in [1.29, 1.82) is 0 Å². The number of hydrogen-bond acceptors (Lipinski definition) is 2. The third kappa shape index (κ3) is 3.59. The van der Waals surface area contributed by atoms with E-state index in [4.69, 9.17) is 0 Å². The zero-order valence-electron chi connectivity index (χ0n) is 9.23. The van der Waals surface area contributed by atoms with Crippen molar-refractivity contribution in [3.63, 3.8) is 0 Å². The monoisotopic (exact) mass is 223 g/mol. The predicted molar refractivity (Wildman–Crippen MR) is 66.6 cm³/mol. The second-order valence-corrected chi connectivity index (χ2v) is 4.17. The highest BCUT2D eigenvalue weighted by molar-refractivity contribution is 7.80. The minimum absolute atomic E-state index is 0.0516. The highest BCUT2D eigenvalue weighted by Gasteiger charge is 2.06. The van der Waals surface area contributed by atoms with E-state index in [0.717, 1.165) is 24.2 Å². The Morgan fingerprint density at radius 3 is 2.33 bits per heavy atom. The van der Waals surface area contributed by atoms with E-state index in [2.05, 4.69) is 12.6 Å². The van der Waals surface area contributed by atoms with E-state index >= 15 is 0 Å². The van der Waals surface area contributed by atoms with Gasteiger partial charge >= 0.3 is 0 Å². The van der Waals surface area contributed by atoms with Crippen molar-refractivity contribution in [1.82, 2.24) is 4.90 Å². The number of aryl methyl sites for hydroxylation is 1. The highest BCUT2D eigenvalue weighted by Crippen LogP contribution is 2.08. The molecule has 3 heteroatoms. The second-order valence-electron chi connectivity index (χ2n) is 3.72. The molecular weight excluding hydrogens is 206 g/mol. The molecule has 82 valence electrons. The molecule has 0 saturated heterocycles. The molecule has 0 aliphatic rings. The molecule has 0 radical (unpaired) electrons. The Balaban J connectivity index is 2.68. The molecule has 0 bridgehead atoms. The molecule has 0 saturated carbocycles. The number of nitrogens with zero attached hydrogens (tertiary/aromatic N) is 1. The summed E-state index contributed by atoms with van der Waals surface area (Å²) in [5, 5.41) is 0. The smallest absolute Gasteiger partial charge is 0.253 e. The van der Waals surface area contributed by atoms with Gasteiger partial charge in [-0.25, -0.2) is 0 Å². The first-order valence-electron chi connectivity index (χ1n) is 5.06. The Morgan fingerprint density at radius 2 is 1.87 bits per heavy atom. The fourth-order valence-corrected chi connectivity index (χ4v) is 1.51. The van der Waals surface area contributed by atoms with Crippen LogP contribution in [0.15, 0.2) is 24.3 Å². The van der Waals surface area contributed by atoms with E-state index in [1.165, 1.54) is 5.56 Å². The SMILES string of the molecule is CN(C)C(=O)c1ccc(CCCS)cc1. The Labute approximate surface area is 96.7 Å². The molecule has 1 aromatic carbocycles. The topological polar surface area (TPSA) is 20.3 Å². The van der Waals surface area contributed by atoms with Crippen LogP contribution in [0, 0.1) is 0 Å². The van der Waals surface area contributed by atoms with Gasteiger partial charge in [0.05, 0.1) is 0 Å². The molecule has 0 spiro atoms. The number of hydrogen-bond donors (Lipinski definition) is 1. The average Bonchev–Trinajstić information content (AvgIpc) is 2.26. The Morgan fingerprint density at radius 1 is 1.27 bits per heavy atom. The molecule has 0 unspecified atom stereocenters. The molecule has 0 aliphatic carbocycles. The lowest BCUT2D eigenvalue weighted by Gasteiger charge is -2.10. The lowest BCUT2D eigenvalue weighted by atomic mass is 10.1. The molecular formula is C12H17NOS. The van der Waals surface area contributed by atoms with Gasteiger partial charge in [-0.1, -0.05) is 12.1 Å². The van der Waals surface area contributed by atoms with Crippen LogP contribution >= 0.6 is 12.6 Å². The van der Waals surface area contributed by atoms with Gasteiger partial charge in [-0.15, -0.1) is 0 Å². The van der Waals surface area contributed by atoms with Crippen LogP contribution in [0.5, 0.6) is 0 Å². The number of carbonyl (C=O) groups excluding carboxylic acids is 1. The Hall–Kier alpha value is -0.960. The molecule has 0 fully saturated rings. The summed E-state index contributed by atoms with van der Waals surface area (Å²) in [6.07, 6.45) is 2.10. The molecule has 1 aromatic rings. The van der Waals surface area contributed by atoms with Gasteiger partial charge in [0, 0.05) is 19.7 Å². The van der Waals surface area contributed by atoms with Gasteiger partial charge < -0.3 is 4.90 Å². The summed E-state index contributed by atoms with van der Waals surface area (Å²) < 4.78 is 0. The summed E-state index contributed by atoms with van der Waals surface area (Å²) >= 11 is 4.17. The number of thiol groups is 1. The van der Waals surface area contributed by atoms with Crippen LogP contribution in [0.1, 0.15) is 22.3 Å². The van der Waals surface area contributed by atoms with E-state index in [0.29, 0.717) is 0 Å². The van der Waals surface area contributed by atoms with Crippen LogP contribution in [0.3, 0.4) is 0 Å². The maximum absolute atomic E-state index is 11.6. The molecule has 0 atom stereocenters. The lowest BCUT2D eigenvalue weighted by Crippen LogP contribution is -2.21. The molecule has 1 rings (SSSR count). The van der Waals surface area contributed by atoms with Crippen LogP contribution in [0.2, 0.25) is 0 Å². The minimum Gasteiger partial charge on any atom is -0.345 e. The standard InChI is InChI=1S/C12H17NOS/c1-13(2)12(14)11-7-5-10(6-8-11)4-3-9-15/h5-8,15H,3-4,9H2,1-2H3. The predicted octanol–water partition coefficient (Wildman–Crippen LogP) is 2.25. The van der Waals surface area contributed by atoms with Gasteiger partial charge in [0.1, 0.15) is 0 Å². The van der Waals surface area contributed by atoms with Gasteiger partial charge in [-0.05, 0) is 36.3 Å². The molecule has 2 nitrogen and oxygen atoms in total. The van der Waals surface area contributed by atoms with Crippen molar-refractivity contribution >= 4 is 18.5 Å². The zero-order valence-corrected chi connectivity index (χ0v) is 10.1. The first kappa shape index (κ1) is 12.1. The third-order valence-corrected chi connectivity index (χ3v) is 2.55. The quantitative estimate of drug-likeness (QED) is 0.776. The van der Waals surface area contributed by atoms with Crippen LogP contribution in [-0.2, 0) is 6.42 Å². The minimum atomic E-state index is 0.0516. The van der Waals surface area contributed by atoms with Crippen molar-refractivity contribution in [2.75, 3.05) is 19.8 Å². The molecule has 0 aliphatic heterocycles. The molecule has 0 N–H and O–H groups in total. The molecule has 1 amide bonds. The van der Waals surface area contributed by atoms with Gasteiger partial charge in [0.2, 0.25) is 0 Å². The first-order chi connectivity index (χ1) is 7.15. The fraction of sp³-hybridized carbons (Fsp3) is 0.417. The van der Waals surface area contributed by atoms with E-state index in [1.807, 2.05) is 24.3 Å². The van der Waals surface area contributed by atoms with Gasteiger partial charge in [0.25, 0.3) is 5.91 Å². The summed E-state index contributed by atoms with van der Waals surface area (Å²) in [5.41, 5.74) is 2.01. The summed E-state index contributed by atoms with van der Waals surface area (Å²) in [5.74, 6) is 0.953. The van der Waals surface area contributed by atoms with E-state index in [-0.39, 0.29) is 5.91 Å². The van der Waals surface area contributed by atoms with Crippen molar-refractivity contribution in [2.24, 2.45) is 0 Å². The van der Waals surface area contributed by atoms with Crippen molar-refractivity contribution < 1.29 is 4.79 Å². The molecule has 0 heterocycles. The van der Waals surface area contributed by atoms with Gasteiger partial charge in [0.15, 0.2) is 0 Å². The normalized spacial score (nSPS) is 10.1. The summed E-state index contributed by atoms with van der Waals surface area (Å²) in [4.78, 5) is 13.2. The van der Waals surface area contributed by atoms with Crippen molar-refractivity contribution in [2.45, 2.75) is 12.8 Å². The summed E-state index contributed by atoms with van der Waals surface area (Å²) in [6.45, 7) is 0. The van der Waals surface area contributed by atoms with Crippen molar-refractivity contribution in [3.05, 3.63) is 35.4 Å². The zero-order chi connectivity index (χ0) is 11.3. The first-order valence-corrected chi connectivity index (χ1v) is 5.70. The van der Waals surface area contributed by atoms with Crippen LogP contribution in [0.25, 0.3) is 0 Å². The number of amides is 1. The highest BCUT2D eigenvalue weighted by atomic mass is 32.1. The largest absolute Gasteiger partial charge is 0.345 e. The Kier molecular flexibility index (Phi) is 4.69. The van der Waals surface area contributed by atoms with Crippen LogP contribution in [-0.4, -0.2) is 30.7 Å². The third-order valence-electron chi connectivity index (χ3n) is 2.23. The van der Waals surface area contributed by atoms with Crippen LogP contribution in [0.4, 0.5) is 0 Å². The average molecular weight is 223 g/mol. The molecule has 0 aromatic heterocycles. The van der Waals surface area contributed by atoms with Crippen molar-refractivity contribution in [3.8, 4) is 0 Å². The van der Waals surface area contributed by atoms with Gasteiger partial charge in [-0.3, -0.25) is 4.79 Å². The lowest BCUT2D eigenvalue weighted by molar-refractivity contribution is 0.0827. The van der Waals surface area contributed by atoms with Gasteiger partial charge in [-0.2, -0.15) is 12.6 Å². The van der Waals surface area contributed by atoms with E-state index in [1.54, 1.807) is 19.0 Å². The number of benzene rings is 1. The maximum Gasteiger partial charge on any atom is 0.253 e. The maximum atomic E-state index is 11.6. The van der Waals surface area contributed by atoms with Crippen LogP contribution < -0.4 is 0 Å². The number of rotatable bonds is 4. The summed E-state index contributed by atoms with van der Waals surface area (Å²) in [7, 11) is 3.52. The molecule has 15 heavy (non-hydrogen) atoms. The number of carbonyl (C=O) groups is 1. The Bertz CT molecular complexity index is 319. The second kappa shape index (κ2) is 5.81. The summed E-state index contributed by atoms with van der Waals surface area (Å²) in [6, 6.07) is 7.80. The fourth-order valence-electron chi connectivity index (χ4n) is 1.36. The van der Waals surface area contributed by atoms with E-state index in [9.17, 15) is 4.79 Å².